The molecule has 16 heavy (non-hydrogen) atoms. The molecule has 0 unspecified atom stereocenters. The molecule has 84 valence electrons. The van der Waals surface area contributed by atoms with Crippen LogP contribution >= 0.6 is 0 Å². The molecule has 0 saturated carbocycles. The summed E-state index contributed by atoms with van der Waals surface area (Å²) in [7, 11) is 0. The van der Waals surface area contributed by atoms with Gasteiger partial charge in [-0.25, -0.2) is 4.79 Å². The van der Waals surface area contributed by atoms with Gasteiger partial charge in [0, 0.05) is 18.7 Å². The number of anilines is 1. The van der Waals surface area contributed by atoms with Crippen molar-refractivity contribution in [2.75, 3.05) is 11.9 Å². The Bertz CT molecular complexity index is 429. The number of nitrogens with one attached hydrogen (secondary N) is 1. The molecule has 1 aliphatic heterocycles. The molecule has 0 bridgehead atoms. The highest BCUT2D eigenvalue weighted by atomic mass is 16.2. The molecule has 1 aliphatic rings. The lowest BCUT2D eigenvalue weighted by molar-refractivity contribution is -0.125. The highest BCUT2D eigenvalue weighted by molar-refractivity contribution is 6.02. The highest BCUT2D eigenvalue weighted by Crippen LogP contribution is 2.14. The molecule has 1 heterocycles. The summed E-state index contributed by atoms with van der Waals surface area (Å²) in [4.78, 5) is 24.3. The fourth-order valence-corrected chi connectivity index (χ4v) is 1.78. The molecular weight excluding hydrogens is 204 g/mol. The third kappa shape index (κ3) is 2.21. The predicted octanol–water partition coefficient (Wildman–Crippen LogP) is 2.15. The Morgan fingerprint density at radius 3 is 2.88 bits per heavy atom. The van der Waals surface area contributed by atoms with Crippen molar-refractivity contribution in [3.05, 3.63) is 29.8 Å². The van der Waals surface area contributed by atoms with Crippen LogP contribution < -0.4 is 5.32 Å². The number of carbonyl (C=O) groups is 2. The van der Waals surface area contributed by atoms with E-state index in [2.05, 4.69) is 5.32 Å². The first-order valence-corrected chi connectivity index (χ1v) is 5.35. The fourth-order valence-electron chi connectivity index (χ4n) is 1.78. The monoisotopic (exact) mass is 218 g/mol. The van der Waals surface area contributed by atoms with Gasteiger partial charge >= 0.3 is 6.03 Å². The Hall–Kier alpha value is -1.84. The minimum Gasteiger partial charge on any atom is -0.307 e. The van der Waals surface area contributed by atoms with Crippen LogP contribution in [0.3, 0.4) is 0 Å². The van der Waals surface area contributed by atoms with E-state index in [1.165, 1.54) is 4.90 Å². The van der Waals surface area contributed by atoms with Crippen molar-refractivity contribution in [1.29, 1.82) is 0 Å². The molecule has 1 aromatic carbocycles. The lowest BCUT2D eigenvalue weighted by atomic mass is 10.2. The number of amides is 3. The van der Waals surface area contributed by atoms with Gasteiger partial charge in [0.05, 0.1) is 0 Å². The second kappa shape index (κ2) is 4.35. The van der Waals surface area contributed by atoms with Crippen molar-refractivity contribution in [3.8, 4) is 0 Å². The maximum atomic E-state index is 11.7. The van der Waals surface area contributed by atoms with Gasteiger partial charge in [0.25, 0.3) is 0 Å². The van der Waals surface area contributed by atoms with Crippen molar-refractivity contribution in [2.45, 2.75) is 19.8 Å². The van der Waals surface area contributed by atoms with Crippen molar-refractivity contribution in [2.24, 2.45) is 0 Å². The number of nitrogens with zero attached hydrogens (tertiary/aromatic N) is 1. The fraction of sp³-hybridized carbons (Fsp3) is 0.333. The standard InChI is InChI=1S/C12H14N2O2/c1-9-4-2-5-10(8-9)13-12(16)14-7-3-6-11(14)15/h2,4-5,8H,3,6-7H2,1H3,(H,13,16). The molecule has 0 atom stereocenters. The van der Waals surface area contributed by atoms with E-state index in [-0.39, 0.29) is 11.9 Å². The van der Waals surface area contributed by atoms with Crippen LogP contribution in [0.25, 0.3) is 0 Å². The summed E-state index contributed by atoms with van der Waals surface area (Å²) in [5, 5.41) is 2.72. The van der Waals surface area contributed by atoms with Gasteiger partial charge in [-0.15, -0.1) is 0 Å². The minimum absolute atomic E-state index is 0.0925. The minimum atomic E-state index is -0.326. The molecule has 0 radical (unpaired) electrons. The lowest BCUT2D eigenvalue weighted by Gasteiger charge is -2.14. The molecule has 4 nitrogen and oxygen atoms in total. The normalized spacial score (nSPS) is 15.3. The molecule has 4 heteroatoms. The van der Waals surface area contributed by atoms with Crippen molar-refractivity contribution >= 4 is 17.6 Å². The van der Waals surface area contributed by atoms with Gasteiger partial charge in [0.2, 0.25) is 5.91 Å². The van der Waals surface area contributed by atoms with Crippen LogP contribution in [0.4, 0.5) is 10.5 Å². The van der Waals surface area contributed by atoms with E-state index in [9.17, 15) is 9.59 Å². The Labute approximate surface area is 94.2 Å². The number of hydrogen-bond donors (Lipinski definition) is 1. The van der Waals surface area contributed by atoms with Crippen LogP contribution in [0.1, 0.15) is 18.4 Å². The lowest BCUT2D eigenvalue weighted by Crippen LogP contribution is -2.35. The van der Waals surface area contributed by atoms with Gasteiger partial charge in [-0.1, -0.05) is 12.1 Å². The second-order valence-corrected chi connectivity index (χ2v) is 3.95. The van der Waals surface area contributed by atoms with Crippen molar-refractivity contribution in [3.63, 3.8) is 0 Å². The molecule has 0 spiro atoms. The number of rotatable bonds is 1. The highest BCUT2D eigenvalue weighted by Gasteiger charge is 2.26. The van der Waals surface area contributed by atoms with Crippen LogP contribution in [0.2, 0.25) is 0 Å². The summed E-state index contributed by atoms with van der Waals surface area (Å²) in [5.41, 5.74) is 1.80. The summed E-state index contributed by atoms with van der Waals surface area (Å²) in [6.07, 6.45) is 1.24. The molecule has 1 fully saturated rings. The third-order valence-corrected chi connectivity index (χ3v) is 2.59. The van der Waals surface area contributed by atoms with Crippen LogP contribution in [-0.2, 0) is 4.79 Å². The van der Waals surface area contributed by atoms with E-state index in [4.69, 9.17) is 0 Å². The number of imide groups is 1. The van der Waals surface area contributed by atoms with Gasteiger partial charge in [-0.2, -0.15) is 0 Å². The number of aryl methyl sites for hydroxylation is 1. The zero-order chi connectivity index (χ0) is 11.5. The van der Waals surface area contributed by atoms with E-state index in [1.54, 1.807) is 0 Å². The molecule has 1 N–H and O–H groups in total. The quantitative estimate of drug-likeness (QED) is 0.785. The average Bonchev–Trinajstić information content (AvgIpc) is 2.64. The van der Waals surface area contributed by atoms with Crippen molar-refractivity contribution in [1.82, 2.24) is 4.90 Å². The van der Waals surface area contributed by atoms with Gasteiger partial charge < -0.3 is 5.32 Å². The van der Waals surface area contributed by atoms with Crippen LogP contribution in [0.5, 0.6) is 0 Å². The molecule has 1 saturated heterocycles. The number of carbonyl (C=O) groups excluding carboxylic acids is 2. The molecule has 3 amide bonds. The molecule has 2 rings (SSSR count). The zero-order valence-corrected chi connectivity index (χ0v) is 9.19. The molecule has 0 aromatic heterocycles. The maximum Gasteiger partial charge on any atom is 0.328 e. The summed E-state index contributed by atoms with van der Waals surface area (Å²) in [6, 6.07) is 7.19. The van der Waals surface area contributed by atoms with E-state index in [0.717, 1.165) is 17.7 Å². The first-order chi connectivity index (χ1) is 7.66. The summed E-state index contributed by atoms with van der Waals surface area (Å²) in [6.45, 7) is 2.48. The van der Waals surface area contributed by atoms with Gasteiger partial charge in [-0.3, -0.25) is 9.69 Å². The van der Waals surface area contributed by atoms with Crippen LogP contribution in [0, 0.1) is 6.92 Å². The summed E-state index contributed by atoms with van der Waals surface area (Å²) < 4.78 is 0. The SMILES string of the molecule is Cc1cccc(NC(=O)N2CCCC2=O)c1. The van der Waals surface area contributed by atoms with Gasteiger partial charge in [0.1, 0.15) is 0 Å². The topological polar surface area (TPSA) is 49.4 Å². The molecule has 1 aromatic rings. The second-order valence-electron chi connectivity index (χ2n) is 3.95. The largest absolute Gasteiger partial charge is 0.328 e. The van der Waals surface area contributed by atoms with Crippen LogP contribution in [0.15, 0.2) is 24.3 Å². The van der Waals surface area contributed by atoms with E-state index < -0.39 is 0 Å². The number of likely N-dealkylation sites (tertiary alicyclic amines) is 1. The Kier molecular flexibility index (Phi) is 2.90. The van der Waals surface area contributed by atoms with Crippen LogP contribution in [-0.4, -0.2) is 23.4 Å². The Morgan fingerprint density at radius 1 is 1.44 bits per heavy atom. The Balaban J connectivity index is 2.04. The predicted molar refractivity (Wildman–Crippen MR) is 61.1 cm³/mol. The summed E-state index contributed by atoms with van der Waals surface area (Å²) in [5.74, 6) is -0.0925. The van der Waals surface area contributed by atoms with Gasteiger partial charge in [0.15, 0.2) is 0 Å². The molecular formula is C12H14N2O2. The Morgan fingerprint density at radius 2 is 2.25 bits per heavy atom. The van der Waals surface area contributed by atoms with Crippen molar-refractivity contribution < 1.29 is 9.59 Å². The number of urea groups is 1. The summed E-state index contributed by atoms with van der Waals surface area (Å²) >= 11 is 0. The first kappa shape index (κ1) is 10.7. The first-order valence-electron chi connectivity index (χ1n) is 5.35. The number of benzene rings is 1. The third-order valence-electron chi connectivity index (χ3n) is 2.59. The van der Waals surface area contributed by atoms with Gasteiger partial charge in [-0.05, 0) is 31.0 Å². The smallest absolute Gasteiger partial charge is 0.307 e. The zero-order valence-electron chi connectivity index (χ0n) is 9.19. The molecule has 0 aliphatic carbocycles. The maximum absolute atomic E-state index is 11.7. The van der Waals surface area contributed by atoms with E-state index >= 15 is 0 Å². The average molecular weight is 218 g/mol. The van der Waals surface area contributed by atoms with E-state index in [1.807, 2.05) is 31.2 Å². The van der Waals surface area contributed by atoms with E-state index in [0.29, 0.717) is 13.0 Å². The number of hydrogen-bond acceptors (Lipinski definition) is 2.